The maximum Gasteiger partial charge on any atom is 0.324 e. The van der Waals surface area contributed by atoms with Crippen molar-refractivity contribution in [3.05, 3.63) is 17.0 Å². The van der Waals surface area contributed by atoms with Crippen molar-refractivity contribution in [2.75, 3.05) is 13.7 Å². The summed E-state index contributed by atoms with van der Waals surface area (Å²) in [5, 5.41) is 7.72. The number of esters is 1. The smallest absolute Gasteiger partial charge is 0.324 e. The second-order valence-electron chi connectivity index (χ2n) is 4.71. The van der Waals surface area contributed by atoms with E-state index in [1.54, 1.807) is 0 Å². The Labute approximate surface area is 115 Å². The summed E-state index contributed by atoms with van der Waals surface area (Å²) in [6.07, 6.45) is 1.94. The van der Waals surface area contributed by atoms with Gasteiger partial charge in [-0.15, -0.1) is 0 Å². The molecule has 0 aliphatic rings. The molecule has 5 nitrogen and oxygen atoms in total. The van der Waals surface area contributed by atoms with Gasteiger partial charge in [0.2, 0.25) is 0 Å². The van der Waals surface area contributed by atoms with Gasteiger partial charge < -0.3 is 10.1 Å². The summed E-state index contributed by atoms with van der Waals surface area (Å²) in [7, 11) is 1.42. The summed E-state index contributed by atoms with van der Waals surface area (Å²) >= 11 is 0. The first-order chi connectivity index (χ1) is 9.04. The molecule has 0 saturated carbocycles. The zero-order chi connectivity index (χ0) is 14.4. The minimum Gasteiger partial charge on any atom is -0.468 e. The fraction of sp³-hybridized carbons (Fsp3) is 0.714. The number of rotatable bonds is 7. The number of aromatic nitrogens is 2. The van der Waals surface area contributed by atoms with E-state index in [1.165, 1.54) is 12.7 Å². The molecule has 1 unspecified atom stereocenters. The highest BCUT2D eigenvalue weighted by Crippen LogP contribution is 2.14. The maximum atomic E-state index is 11.8. The largest absolute Gasteiger partial charge is 0.468 e. The topological polar surface area (TPSA) is 56.2 Å². The Kier molecular flexibility index (Phi) is 6.02. The van der Waals surface area contributed by atoms with Gasteiger partial charge in [-0.2, -0.15) is 5.10 Å². The van der Waals surface area contributed by atoms with Crippen LogP contribution in [0.25, 0.3) is 0 Å². The Morgan fingerprint density at radius 3 is 2.58 bits per heavy atom. The van der Waals surface area contributed by atoms with Gasteiger partial charge in [-0.05, 0) is 38.8 Å². The molecule has 0 bridgehead atoms. The van der Waals surface area contributed by atoms with E-state index in [2.05, 4.69) is 24.3 Å². The Balaban J connectivity index is 2.86. The molecule has 1 aromatic heterocycles. The minimum atomic E-state index is -0.340. The van der Waals surface area contributed by atoms with E-state index in [1.807, 2.05) is 18.5 Å². The van der Waals surface area contributed by atoms with E-state index in [0.29, 0.717) is 6.54 Å². The van der Waals surface area contributed by atoms with Crippen molar-refractivity contribution in [2.45, 2.75) is 53.1 Å². The van der Waals surface area contributed by atoms with Crippen LogP contribution in [-0.2, 0) is 22.5 Å². The van der Waals surface area contributed by atoms with Gasteiger partial charge in [0.05, 0.1) is 19.3 Å². The number of carbonyl (C=O) groups excluding carboxylic acids is 1. The number of methoxy groups -OCH3 is 1. The lowest BCUT2D eigenvalue weighted by Crippen LogP contribution is -2.41. The number of ether oxygens (including phenoxy) is 1. The van der Waals surface area contributed by atoms with Gasteiger partial charge in [0, 0.05) is 5.69 Å². The Bertz CT molecular complexity index is 427. The first-order valence-corrected chi connectivity index (χ1v) is 6.89. The van der Waals surface area contributed by atoms with Crippen LogP contribution in [-0.4, -0.2) is 35.4 Å². The molecule has 1 N–H and O–H groups in total. The van der Waals surface area contributed by atoms with Crippen LogP contribution >= 0.6 is 0 Å². The van der Waals surface area contributed by atoms with E-state index < -0.39 is 0 Å². The molecule has 1 aromatic rings. The first kappa shape index (κ1) is 15.7. The summed E-state index contributed by atoms with van der Waals surface area (Å²) in [5.74, 6) is -0.237. The van der Waals surface area contributed by atoms with Gasteiger partial charge in [0.15, 0.2) is 0 Å². The Morgan fingerprint density at radius 2 is 2.11 bits per heavy atom. The zero-order valence-corrected chi connectivity index (χ0v) is 12.6. The Morgan fingerprint density at radius 1 is 1.42 bits per heavy atom. The van der Waals surface area contributed by atoms with Crippen LogP contribution in [0.1, 0.15) is 37.2 Å². The molecule has 1 atom stereocenters. The van der Waals surface area contributed by atoms with Crippen LogP contribution in [0.4, 0.5) is 0 Å². The highest BCUT2D eigenvalue weighted by Gasteiger charge is 2.21. The lowest BCUT2D eigenvalue weighted by Gasteiger charge is -2.17. The fourth-order valence-corrected chi connectivity index (χ4v) is 2.28. The van der Waals surface area contributed by atoms with Crippen LogP contribution in [0.3, 0.4) is 0 Å². The maximum absolute atomic E-state index is 11.8. The third kappa shape index (κ3) is 3.80. The minimum absolute atomic E-state index is 0.237. The number of carbonyl (C=O) groups is 1. The monoisotopic (exact) mass is 267 g/mol. The van der Waals surface area contributed by atoms with Gasteiger partial charge in [0.1, 0.15) is 6.04 Å². The molecule has 1 heterocycles. The van der Waals surface area contributed by atoms with Gasteiger partial charge in [-0.1, -0.05) is 13.8 Å². The summed E-state index contributed by atoms with van der Waals surface area (Å²) in [6, 6.07) is -0.340. The lowest BCUT2D eigenvalue weighted by atomic mass is 10.1. The van der Waals surface area contributed by atoms with Crippen LogP contribution in [0.15, 0.2) is 0 Å². The summed E-state index contributed by atoms with van der Waals surface area (Å²) in [4.78, 5) is 11.8. The molecule has 0 amide bonds. The molecule has 0 fully saturated rings. The summed E-state index contributed by atoms with van der Waals surface area (Å²) in [6.45, 7) is 9.55. The van der Waals surface area contributed by atoms with Crippen molar-refractivity contribution < 1.29 is 9.53 Å². The third-order valence-electron chi connectivity index (χ3n) is 3.37. The number of aryl methyl sites for hydroxylation is 1. The normalized spacial score (nSPS) is 12.5. The molecule has 0 aliphatic heterocycles. The van der Waals surface area contributed by atoms with Crippen molar-refractivity contribution in [3.8, 4) is 0 Å². The second-order valence-corrected chi connectivity index (χ2v) is 4.71. The van der Waals surface area contributed by atoms with Crippen molar-refractivity contribution in [2.24, 2.45) is 0 Å². The second kappa shape index (κ2) is 7.28. The number of nitrogens with one attached hydrogen (secondary N) is 1. The van der Waals surface area contributed by atoms with E-state index in [9.17, 15) is 4.79 Å². The average Bonchev–Trinajstić information content (AvgIpc) is 2.67. The SMILES string of the molecule is CCCNC(Cn1nc(C)c(CC)c1C)C(=O)OC. The van der Waals surface area contributed by atoms with E-state index >= 15 is 0 Å². The molecule has 0 radical (unpaired) electrons. The van der Waals surface area contributed by atoms with Crippen molar-refractivity contribution in [1.82, 2.24) is 15.1 Å². The molecule has 108 valence electrons. The van der Waals surface area contributed by atoms with Crippen LogP contribution in [0, 0.1) is 13.8 Å². The van der Waals surface area contributed by atoms with E-state index in [0.717, 1.165) is 30.8 Å². The van der Waals surface area contributed by atoms with Crippen LogP contribution in [0.5, 0.6) is 0 Å². The summed E-state index contributed by atoms with van der Waals surface area (Å²) < 4.78 is 6.74. The van der Waals surface area contributed by atoms with Crippen molar-refractivity contribution in [3.63, 3.8) is 0 Å². The molecule has 19 heavy (non-hydrogen) atoms. The molecule has 5 heteroatoms. The lowest BCUT2D eigenvalue weighted by molar-refractivity contribution is -0.143. The zero-order valence-electron chi connectivity index (χ0n) is 12.6. The summed E-state index contributed by atoms with van der Waals surface area (Å²) in [5.41, 5.74) is 3.44. The molecule has 0 aliphatic carbocycles. The van der Waals surface area contributed by atoms with E-state index in [4.69, 9.17) is 4.74 Å². The third-order valence-corrected chi connectivity index (χ3v) is 3.37. The first-order valence-electron chi connectivity index (χ1n) is 6.89. The van der Waals surface area contributed by atoms with Gasteiger partial charge in [-0.25, -0.2) is 0 Å². The fourth-order valence-electron chi connectivity index (χ4n) is 2.28. The Hall–Kier alpha value is -1.36. The highest BCUT2D eigenvalue weighted by atomic mass is 16.5. The van der Waals surface area contributed by atoms with Crippen molar-refractivity contribution >= 4 is 5.97 Å². The molecular weight excluding hydrogens is 242 g/mol. The number of hydrogen-bond donors (Lipinski definition) is 1. The van der Waals surface area contributed by atoms with Crippen LogP contribution in [0.2, 0.25) is 0 Å². The molecule has 0 saturated heterocycles. The molecule has 0 aromatic carbocycles. The predicted octanol–water partition coefficient (Wildman–Crippen LogP) is 1.60. The molecule has 0 spiro atoms. The number of hydrogen-bond acceptors (Lipinski definition) is 4. The number of nitrogens with zero attached hydrogens (tertiary/aromatic N) is 2. The van der Waals surface area contributed by atoms with Crippen LogP contribution < -0.4 is 5.32 Å². The van der Waals surface area contributed by atoms with Gasteiger partial charge in [-0.3, -0.25) is 9.48 Å². The highest BCUT2D eigenvalue weighted by molar-refractivity contribution is 5.75. The standard InChI is InChI=1S/C14H25N3O2/c1-6-8-15-13(14(18)19-5)9-17-11(4)12(7-2)10(3)16-17/h13,15H,6-9H2,1-5H3. The van der Waals surface area contributed by atoms with Gasteiger partial charge in [0.25, 0.3) is 0 Å². The predicted molar refractivity (Wildman–Crippen MR) is 75.2 cm³/mol. The molecular formula is C14H25N3O2. The van der Waals surface area contributed by atoms with Crippen molar-refractivity contribution in [1.29, 1.82) is 0 Å². The van der Waals surface area contributed by atoms with E-state index in [-0.39, 0.29) is 12.0 Å². The average molecular weight is 267 g/mol. The molecule has 1 rings (SSSR count). The quantitative estimate of drug-likeness (QED) is 0.762. The van der Waals surface area contributed by atoms with Gasteiger partial charge >= 0.3 is 5.97 Å².